The van der Waals surface area contributed by atoms with Gasteiger partial charge >= 0.3 is 23.9 Å². The van der Waals surface area contributed by atoms with Gasteiger partial charge in [-0.25, -0.2) is 28.0 Å². The van der Waals surface area contributed by atoms with Gasteiger partial charge < -0.3 is 9.47 Å². The molecule has 0 bridgehead atoms. The lowest BCUT2D eigenvalue weighted by atomic mass is 10.1. The molecule has 0 unspecified atom stereocenters. The van der Waals surface area contributed by atoms with Gasteiger partial charge in [0.15, 0.2) is 0 Å². The number of hydrogen-bond donors (Lipinski definition) is 0. The molecule has 0 spiro atoms. The zero-order valence-electron chi connectivity index (χ0n) is 11.7. The summed E-state index contributed by atoms with van der Waals surface area (Å²) in [7, 11) is 0. The van der Waals surface area contributed by atoms with E-state index < -0.39 is 35.5 Å². The van der Waals surface area contributed by atoms with Gasteiger partial charge in [-0.3, -0.25) is 0 Å². The minimum atomic E-state index is -0.783. The molecule has 24 heavy (non-hydrogen) atoms. The first-order valence-corrected chi connectivity index (χ1v) is 6.49. The van der Waals surface area contributed by atoms with E-state index in [0.717, 1.165) is 24.3 Å². The Labute approximate surface area is 132 Å². The number of carbonyl (C=O) groups is 4. The lowest BCUT2D eigenvalue weighted by Gasteiger charge is -1.89. The zero-order valence-corrected chi connectivity index (χ0v) is 11.7. The van der Waals surface area contributed by atoms with Crippen molar-refractivity contribution in [3.63, 3.8) is 0 Å². The second kappa shape index (κ2) is 5.65. The minimum Gasteiger partial charge on any atom is -0.386 e. The van der Waals surface area contributed by atoms with Crippen LogP contribution in [0.3, 0.4) is 0 Å². The van der Waals surface area contributed by atoms with E-state index in [9.17, 15) is 28.0 Å². The van der Waals surface area contributed by atoms with Crippen LogP contribution in [-0.2, 0) is 9.47 Å². The second-order valence-electron chi connectivity index (χ2n) is 4.73. The monoisotopic (exact) mass is 332 g/mol. The Morgan fingerprint density at radius 2 is 0.875 bits per heavy atom. The summed E-state index contributed by atoms with van der Waals surface area (Å²) in [6, 6.07) is 6.66. The van der Waals surface area contributed by atoms with Crippen molar-refractivity contribution in [3.05, 3.63) is 70.3 Å². The van der Waals surface area contributed by atoms with E-state index in [2.05, 4.69) is 9.47 Å². The molecule has 0 radical (unpaired) electrons. The van der Waals surface area contributed by atoms with Crippen molar-refractivity contribution in [2.75, 3.05) is 0 Å². The predicted octanol–water partition coefficient (Wildman–Crippen LogP) is 2.27. The molecule has 0 N–H and O–H groups in total. The van der Waals surface area contributed by atoms with Gasteiger partial charge in [-0.2, -0.15) is 0 Å². The third-order valence-corrected chi connectivity index (χ3v) is 3.21. The molecule has 6 nitrogen and oxygen atoms in total. The van der Waals surface area contributed by atoms with E-state index in [1.165, 1.54) is 12.1 Å². The van der Waals surface area contributed by atoms with Crippen LogP contribution in [0.1, 0.15) is 41.4 Å². The molecule has 0 fully saturated rings. The predicted molar refractivity (Wildman–Crippen MR) is 72.3 cm³/mol. The van der Waals surface area contributed by atoms with Crippen LogP contribution >= 0.6 is 0 Å². The third-order valence-electron chi connectivity index (χ3n) is 3.21. The average Bonchev–Trinajstić information content (AvgIpc) is 2.96. The van der Waals surface area contributed by atoms with E-state index in [0.29, 0.717) is 0 Å². The van der Waals surface area contributed by atoms with Crippen LogP contribution in [0.2, 0.25) is 0 Å². The summed E-state index contributed by atoms with van der Waals surface area (Å²) in [4.78, 5) is 43.3. The van der Waals surface area contributed by atoms with E-state index in [1.54, 1.807) is 0 Å². The van der Waals surface area contributed by atoms with Gasteiger partial charge in [0.1, 0.15) is 11.6 Å². The molecule has 2 aliphatic heterocycles. The molecule has 0 amide bonds. The Morgan fingerprint density at radius 3 is 1.25 bits per heavy atom. The molecule has 0 saturated carbocycles. The van der Waals surface area contributed by atoms with Crippen molar-refractivity contribution in [2.24, 2.45) is 0 Å². The Hall–Kier alpha value is -3.42. The third kappa shape index (κ3) is 2.65. The van der Waals surface area contributed by atoms with Crippen LogP contribution in [0.4, 0.5) is 8.78 Å². The molecule has 2 aliphatic rings. The number of hydrogen-bond acceptors (Lipinski definition) is 6. The molecule has 2 aromatic carbocycles. The maximum absolute atomic E-state index is 12.5. The van der Waals surface area contributed by atoms with Gasteiger partial charge in [-0.15, -0.1) is 0 Å². The highest BCUT2D eigenvalue weighted by atomic mass is 19.1. The zero-order chi connectivity index (χ0) is 17.4. The fourth-order valence-electron chi connectivity index (χ4n) is 2.12. The van der Waals surface area contributed by atoms with E-state index in [4.69, 9.17) is 0 Å². The van der Waals surface area contributed by atoms with Gasteiger partial charge in [0.25, 0.3) is 0 Å². The van der Waals surface area contributed by atoms with Gasteiger partial charge in [-0.1, -0.05) is 0 Å². The van der Waals surface area contributed by atoms with E-state index >= 15 is 0 Å². The SMILES string of the molecule is O=C1OC(=O)c2cc(F)ccc21.O=C1OC(=O)c2cc(F)ccc21. The van der Waals surface area contributed by atoms with Gasteiger partial charge in [0.05, 0.1) is 22.3 Å². The lowest BCUT2D eigenvalue weighted by molar-refractivity contribution is 0.0425. The Morgan fingerprint density at radius 1 is 0.542 bits per heavy atom. The van der Waals surface area contributed by atoms with Gasteiger partial charge in [0.2, 0.25) is 0 Å². The summed E-state index contributed by atoms with van der Waals surface area (Å²) < 4.78 is 33.6. The first kappa shape index (κ1) is 15.5. The highest BCUT2D eigenvalue weighted by Gasteiger charge is 2.30. The van der Waals surface area contributed by atoms with Crippen LogP contribution in [0.15, 0.2) is 36.4 Å². The number of fused-ring (bicyclic) bond motifs is 2. The van der Waals surface area contributed by atoms with Crippen molar-refractivity contribution in [3.8, 4) is 0 Å². The van der Waals surface area contributed by atoms with Crippen LogP contribution in [-0.4, -0.2) is 23.9 Å². The number of esters is 4. The molecule has 0 saturated heterocycles. The molecule has 0 atom stereocenters. The fraction of sp³-hybridized carbons (Fsp3) is 0. The molecular weight excluding hydrogens is 326 g/mol. The number of cyclic esters (lactones) is 4. The van der Waals surface area contributed by atoms with E-state index in [1.807, 2.05) is 0 Å². The standard InChI is InChI=1S/2C8H3FO3/c2*9-4-1-2-5-6(3-4)8(11)12-7(5)10/h2*1-3H. The topological polar surface area (TPSA) is 86.7 Å². The number of ether oxygens (including phenoxy) is 2. The molecule has 2 aromatic rings. The fourth-order valence-corrected chi connectivity index (χ4v) is 2.12. The summed E-state index contributed by atoms with van der Waals surface area (Å²) in [6.07, 6.45) is 0. The molecule has 120 valence electrons. The van der Waals surface area contributed by atoms with Crippen LogP contribution in [0.5, 0.6) is 0 Å². The second-order valence-corrected chi connectivity index (χ2v) is 4.73. The molecule has 0 aliphatic carbocycles. The molecular formula is C16H6F2O6. The maximum atomic E-state index is 12.5. The Bertz CT molecular complexity index is 843. The van der Waals surface area contributed by atoms with Crippen molar-refractivity contribution in [2.45, 2.75) is 0 Å². The van der Waals surface area contributed by atoms with Crippen LogP contribution in [0, 0.1) is 11.6 Å². The molecule has 8 heteroatoms. The summed E-state index contributed by atoms with van der Waals surface area (Å²) in [5.41, 5.74) is 0.253. The maximum Gasteiger partial charge on any atom is 0.347 e. The first-order valence-electron chi connectivity index (χ1n) is 6.49. The highest BCUT2D eigenvalue weighted by molar-refractivity contribution is 6.15. The number of benzene rings is 2. The first-order chi connectivity index (χ1) is 11.4. The summed E-state index contributed by atoms with van der Waals surface area (Å²) in [6.45, 7) is 0. The summed E-state index contributed by atoms with van der Waals surface area (Å²) in [5, 5.41) is 0. The van der Waals surface area contributed by atoms with Crippen molar-refractivity contribution < 1.29 is 37.4 Å². The van der Waals surface area contributed by atoms with E-state index in [-0.39, 0.29) is 22.3 Å². The number of halogens is 2. The van der Waals surface area contributed by atoms with Crippen molar-refractivity contribution in [1.82, 2.24) is 0 Å². The Kier molecular flexibility index (Phi) is 3.64. The van der Waals surface area contributed by atoms with Crippen molar-refractivity contribution in [1.29, 1.82) is 0 Å². The highest BCUT2D eigenvalue weighted by Crippen LogP contribution is 2.21. The number of rotatable bonds is 0. The van der Waals surface area contributed by atoms with Crippen LogP contribution < -0.4 is 0 Å². The minimum absolute atomic E-state index is 0.000000000000000444. The van der Waals surface area contributed by atoms with Crippen molar-refractivity contribution >= 4 is 23.9 Å². The molecule has 4 rings (SSSR count). The lowest BCUT2D eigenvalue weighted by Crippen LogP contribution is -1.96. The Balaban J connectivity index is 0.000000141. The largest absolute Gasteiger partial charge is 0.386 e. The smallest absolute Gasteiger partial charge is 0.347 e. The quantitative estimate of drug-likeness (QED) is 0.543. The average molecular weight is 332 g/mol. The summed E-state index contributed by atoms with van der Waals surface area (Å²) in [5.74, 6) is -4.10. The van der Waals surface area contributed by atoms with Gasteiger partial charge in [0, 0.05) is 0 Å². The van der Waals surface area contributed by atoms with Gasteiger partial charge in [-0.05, 0) is 36.4 Å². The van der Waals surface area contributed by atoms with Crippen LogP contribution in [0.25, 0.3) is 0 Å². The summed E-state index contributed by atoms with van der Waals surface area (Å²) >= 11 is 0. The number of carbonyl (C=O) groups excluding carboxylic acids is 4. The molecule has 2 heterocycles. The molecule has 0 aromatic heterocycles. The normalized spacial score (nSPS) is 14.4.